The van der Waals surface area contributed by atoms with Gasteiger partial charge in [-0.2, -0.15) is 25.3 Å². The van der Waals surface area contributed by atoms with E-state index in [1.165, 1.54) is 84.9 Å². The highest BCUT2D eigenvalue weighted by Crippen LogP contribution is 2.32. The molecular weight excluding hydrogens is 651 g/mol. The quantitative estimate of drug-likeness (QED) is 0.277. The van der Waals surface area contributed by atoms with Crippen LogP contribution in [0.15, 0.2) is 127 Å². The van der Waals surface area contributed by atoms with Crippen LogP contribution in [0.4, 0.5) is 0 Å². The molecule has 0 atom stereocenters. The average Bonchev–Trinajstić information content (AvgIpc) is 3.20. The minimum atomic E-state index is -4.46. The number of aryl methyl sites for hydroxylation is 1. The van der Waals surface area contributed by atoms with E-state index < -0.39 is 47.4 Å². The number of hydrogen-bond donors (Lipinski definition) is 1. The number of rotatable bonds is 6. The van der Waals surface area contributed by atoms with Crippen molar-refractivity contribution >= 4 is 47.1 Å². The topological polar surface area (TPSA) is 196 Å². The molecule has 1 amide bonds. The third-order valence-corrected chi connectivity index (χ3v) is 10.3. The van der Waals surface area contributed by atoms with Gasteiger partial charge in [0.1, 0.15) is 9.79 Å². The van der Waals surface area contributed by atoms with Crippen molar-refractivity contribution in [2.75, 3.05) is 0 Å². The Morgan fingerprint density at radius 1 is 0.667 bits per heavy atom. The summed E-state index contributed by atoms with van der Waals surface area (Å²) in [5.41, 5.74) is -0.829. The van der Waals surface area contributed by atoms with Crippen LogP contribution in [-0.4, -0.2) is 45.3 Å². The Morgan fingerprint density at radius 2 is 1.22 bits per heavy atom. The summed E-state index contributed by atoms with van der Waals surface area (Å²) in [5.74, 6) is -1.05. The molecule has 5 aromatic rings. The van der Waals surface area contributed by atoms with Crippen LogP contribution in [0.5, 0.6) is 0 Å². The van der Waals surface area contributed by atoms with Gasteiger partial charge in [-0.1, -0.05) is 69.4 Å². The van der Waals surface area contributed by atoms with Crippen LogP contribution < -0.4 is 15.5 Å². The fraction of sp³-hybridized carbons (Fsp3) is 0.0357. The van der Waals surface area contributed by atoms with Crippen molar-refractivity contribution in [3.05, 3.63) is 135 Å². The molecule has 1 aliphatic heterocycles. The van der Waals surface area contributed by atoms with Gasteiger partial charge >= 0.3 is 25.9 Å². The van der Waals surface area contributed by atoms with Gasteiger partial charge in [-0.25, -0.2) is 4.79 Å². The van der Waals surface area contributed by atoms with Gasteiger partial charge in [0, 0.05) is 0 Å². The smallest absolute Gasteiger partial charge is 0.304 e. The first-order chi connectivity index (χ1) is 21.2. The van der Waals surface area contributed by atoms with Crippen molar-refractivity contribution in [2.45, 2.75) is 21.6 Å². The monoisotopic (exact) mass is 671 g/mol. The van der Waals surface area contributed by atoms with E-state index in [1.807, 2.05) is 0 Å². The first-order valence-electron chi connectivity index (χ1n) is 12.7. The number of H-pyrrole nitrogens is 1. The zero-order valence-corrected chi connectivity index (χ0v) is 25.4. The predicted octanol–water partition coefficient (Wildman–Crippen LogP) is 1.97. The average molecular weight is 672 g/mol. The van der Waals surface area contributed by atoms with Crippen molar-refractivity contribution < 1.29 is 38.6 Å². The van der Waals surface area contributed by atoms with Gasteiger partial charge in [0.25, 0.3) is 21.5 Å². The fourth-order valence-electron chi connectivity index (χ4n) is 4.02. The molecule has 0 spiro atoms. The van der Waals surface area contributed by atoms with E-state index in [0.29, 0.717) is 5.52 Å². The van der Waals surface area contributed by atoms with E-state index in [2.05, 4.69) is 9.27 Å². The third-order valence-electron chi connectivity index (χ3n) is 6.23. The number of nitrogens with one attached hydrogen (secondary N) is 1. The van der Waals surface area contributed by atoms with Gasteiger partial charge in [-0.05, 0) is 55.5 Å². The molecule has 0 unspecified atom stereocenters. The highest BCUT2D eigenvalue weighted by molar-refractivity contribution is 7.91. The van der Waals surface area contributed by atoms with E-state index >= 15 is 0 Å². The van der Waals surface area contributed by atoms with Crippen molar-refractivity contribution in [3.8, 4) is 0 Å². The van der Waals surface area contributed by atoms with Crippen LogP contribution in [-0.2, 0) is 34.5 Å². The van der Waals surface area contributed by atoms with E-state index in [-0.39, 0.29) is 34.8 Å². The molecule has 232 valence electrons. The Balaban J connectivity index is 0.000000178. The number of hydrogen-bond acceptors (Lipinski definition) is 11. The zero-order valence-electron chi connectivity index (χ0n) is 22.9. The lowest BCUT2D eigenvalue weighted by Crippen LogP contribution is -2.41. The van der Waals surface area contributed by atoms with Gasteiger partial charge in [0.15, 0.2) is 0 Å². The summed E-state index contributed by atoms with van der Waals surface area (Å²) in [5, 5.41) is 0.144. The molecule has 1 aromatic heterocycles. The number of para-hydroxylation sites is 1. The Kier molecular flexibility index (Phi) is 8.19. The summed E-state index contributed by atoms with van der Waals surface area (Å²) in [4.78, 5) is 37.9. The standard InChI is InChI=1S/C14H10N2O5S.C14H11NO6S2/c17-13-11-8-4-5-9-12(11)15-14(18)16(13)21-22(19,20)10-6-2-1-3-7-10;1-10-6-8-11(9-7-10)23(19,20)21-15-14(16)12-4-2-3-5-13(12)22(15,17)18/h1-9H,(H,15,18);2-9H,1H3. The number of aromatic amines is 1. The van der Waals surface area contributed by atoms with Crippen molar-refractivity contribution in [1.29, 1.82) is 0 Å². The Morgan fingerprint density at radius 3 is 1.89 bits per heavy atom. The molecule has 1 N–H and O–H groups in total. The van der Waals surface area contributed by atoms with Gasteiger partial charge in [-0.3, -0.25) is 13.9 Å². The number of amides is 1. The summed E-state index contributed by atoms with van der Waals surface area (Å²) < 4.78 is 82.6. The summed E-state index contributed by atoms with van der Waals surface area (Å²) in [6, 6.07) is 24.5. The molecule has 0 radical (unpaired) electrons. The summed E-state index contributed by atoms with van der Waals surface area (Å²) in [7, 11) is -13.1. The summed E-state index contributed by atoms with van der Waals surface area (Å²) in [6.45, 7) is 1.77. The van der Waals surface area contributed by atoms with Crippen LogP contribution in [0.2, 0.25) is 0 Å². The normalized spacial score (nSPS) is 14.0. The summed E-state index contributed by atoms with van der Waals surface area (Å²) in [6.07, 6.45) is 0. The maximum absolute atomic E-state index is 12.3. The lowest BCUT2D eigenvalue weighted by molar-refractivity contribution is 0.0323. The lowest BCUT2D eigenvalue weighted by Gasteiger charge is -2.14. The third kappa shape index (κ3) is 6.14. The number of nitrogens with zero attached hydrogens (tertiary/aromatic N) is 2. The molecular formula is C28H21N3O11S3. The molecule has 17 heteroatoms. The van der Waals surface area contributed by atoms with Crippen LogP contribution in [0, 0.1) is 6.92 Å². The molecule has 45 heavy (non-hydrogen) atoms. The van der Waals surface area contributed by atoms with Gasteiger partial charge < -0.3 is 4.98 Å². The molecule has 0 bridgehead atoms. The Hall–Kier alpha value is -5.10. The molecule has 0 fully saturated rings. The number of carbonyl (C=O) groups excluding carboxylic acids is 1. The molecule has 6 rings (SSSR count). The van der Waals surface area contributed by atoms with Crippen molar-refractivity contribution in [3.63, 3.8) is 0 Å². The maximum Gasteiger partial charge on any atom is 0.363 e. The number of fused-ring (bicyclic) bond motifs is 2. The molecule has 2 heterocycles. The number of benzene rings is 4. The predicted molar refractivity (Wildman–Crippen MR) is 158 cm³/mol. The van der Waals surface area contributed by atoms with Crippen molar-refractivity contribution in [1.82, 2.24) is 14.2 Å². The maximum atomic E-state index is 12.3. The van der Waals surface area contributed by atoms with Crippen LogP contribution in [0.25, 0.3) is 10.9 Å². The number of aromatic nitrogens is 2. The second-order valence-electron chi connectivity index (χ2n) is 9.29. The van der Waals surface area contributed by atoms with E-state index in [4.69, 9.17) is 4.28 Å². The molecule has 4 aromatic carbocycles. The van der Waals surface area contributed by atoms with Crippen molar-refractivity contribution in [2.24, 2.45) is 0 Å². The van der Waals surface area contributed by atoms with Gasteiger partial charge in [0.05, 0.1) is 21.4 Å². The number of carbonyl (C=O) groups is 1. The van der Waals surface area contributed by atoms with E-state index in [0.717, 1.165) is 5.56 Å². The van der Waals surface area contributed by atoms with Crippen LogP contribution in [0.3, 0.4) is 0 Å². The Bertz CT molecular complexity index is 2390. The molecule has 14 nitrogen and oxygen atoms in total. The van der Waals surface area contributed by atoms with Crippen LogP contribution >= 0.6 is 0 Å². The first-order valence-corrected chi connectivity index (χ1v) is 16.9. The number of sulfonamides is 1. The lowest BCUT2D eigenvalue weighted by atomic mass is 10.2. The molecule has 0 saturated heterocycles. The number of hydroxylamine groups is 1. The highest BCUT2D eigenvalue weighted by atomic mass is 32.2. The molecule has 1 aliphatic rings. The largest absolute Gasteiger partial charge is 0.363 e. The van der Waals surface area contributed by atoms with Crippen LogP contribution in [0.1, 0.15) is 15.9 Å². The molecule has 0 aliphatic carbocycles. The van der Waals surface area contributed by atoms with E-state index in [9.17, 15) is 39.6 Å². The Labute approximate surface area is 255 Å². The SMILES string of the molecule is Cc1ccc(S(=O)(=O)ON2C(=O)c3ccccc3S2(=O)=O)cc1.O=c1[nH]c2ccccc2c(=O)n1OS(=O)(=O)c1ccccc1. The zero-order chi connectivity index (χ0) is 32.6. The minimum absolute atomic E-state index is 0.0904. The van der Waals surface area contributed by atoms with Gasteiger partial charge in [0.2, 0.25) is 0 Å². The second kappa shape index (κ2) is 11.8. The van der Waals surface area contributed by atoms with Gasteiger partial charge in [-0.15, -0.1) is 4.28 Å². The molecule has 0 saturated carbocycles. The highest BCUT2D eigenvalue weighted by Gasteiger charge is 2.45. The summed E-state index contributed by atoms with van der Waals surface area (Å²) >= 11 is 0. The first kappa shape index (κ1) is 31.3. The minimum Gasteiger partial charge on any atom is -0.304 e. The fourth-order valence-corrected chi connectivity index (χ4v) is 7.47. The second-order valence-corrected chi connectivity index (χ2v) is 14.1. The van der Waals surface area contributed by atoms with E-state index in [1.54, 1.807) is 25.1 Å².